The molecule has 0 spiro atoms. The Morgan fingerprint density at radius 1 is 1.25 bits per heavy atom. The summed E-state index contributed by atoms with van der Waals surface area (Å²) in [6.07, 6.45) is 1.44. The van der Waals surface area contributed by atoms with Crippen LogP contribution in [0.4, 0.5) is 0 Å². The molecule has 1 aromatic rings. The quantitative estimate of drug-likeness (QED) is 0.618. The van der Waals surface area contributed by atoms with E-state index in [2.05, 4.69) is 10.6 Å². The standard InChI is InChI=1S/C18H25N3O3/c1-12(13-7-8-15(23-5)16(9-13)24-6)21-17(22)14(10-19)11-20-18(2,3)4/h7-9,11-12,20H,1-6H3,(H,21,22)/b14-11-. The van der Waals surface area contributed by atoms with E-state index in [0.717, 1.165) is 5.56 Å². The van der Waals surface area contributed by atoms with Gasteiger partial charge in [-0.1, -0.05) is 6.07 Å². The molecule has 0 bridgehead atoms. The van der Waals surface area contributed by atoms with Crippen molar-refractivity contribution in [1.82, 2.24) is 10.6 Å². The Bertz CT molecular complexity index is 654. The van der Waals surface area contributed by atoms with Crippen molar-refractivity contribution in [2.24, 2.45) is 0 Å². The Morgan fingerprint density at radius 2 is 1.88 bits per heavy atom. The molecule has 24 heavy (non-hydrogen) atoms. The average molecular weight is 331 g/mol. The molecule has 0 aromatic heterocycles. The molecule has 0 saturated carbocycles. The molecule has 0 heterocycles. The van der Waals surface area contributed by atoms with Crippen LogP contribution in [0.1, 0.15) is 39.3 Å². The number of ether oxygens (including phenoxy) is 2. The average Bonchev–Trinajstić information content (AvgIpc) is 2.53. The fraction of sp³-hybridized carbons (Fsp3) is 0.444. The van der Waals surface area contributed by atoms with E-state index >= 15 is 0 Å². The lowest BCUT2D eigenvalue weighted by Crippen LogP contribution is -2.33. The highest BCUT2D eigenvalue weighted by Crippen LogP contribution is 2.29. The van der Waals surface area contributed by atoms with Crippen LogP contribution >= 0.6 is 0 Å². The first kappa shape index (κ1) is 19.4. The van der Waals surface area contributed by atoms with Gasteiger partial charge in [0, 0.05) is 11.7 Å². The van der Waals surface area contributed by atoms with Crippen LogP contribution in [-0.4, -0.2) is 25.7 Å². The molecule has 6 nitrogen and oxygen atoms in total. The predicted molar refractivity (Wildman–Crippen MR) is 92.7 cm³/mol. The molecule has 0 aliphatic rings. The third kappa shape index (κ3) is 5.51. The van der Waals surface area contributed by atoms with Crippen molar-refractivity contribution in [2.45, 2.75) is 39.3 Å². The maximum atomic E-state index is 12.3. The van der Waals surface area contributed by atoms with Crippen LogP contribution in [-0.2, 0) is 4.79 Å². The Labute approximate surface area is 143 Å². The molecule has 6 heteroatoms. The zero-order chi connectivity index (χ0) is 18.3. The number of methoxy groups -OCH3 is 2. The SMILES string of the molecule is COc1ccc(C(C)NC(=O)/C(C#N)=C\NC(C)(C)C)cc1OC. The predicted octanol–water partition coefficient (Wildman–Crippen LogP) is 2.68. The van der Waals surface area contributed by atoms with E-state index < -0.39 is 5.91 Å². The van der Waals surface area contributed by atoms with Crippen molar-refractivity contribution in [3.05, 3.63) is 35.5 Å². The van der Waals surface area contributed by atoms with Crippen molar-refractivity contribution in [1.29, 1.82) is 5.26 Å². The number of amides is 1. The second-order valence-electron chi connectivity index (χ2n) is 6.37. The zero-order valence-electron chi connectivity index (χ0n) is 15.1. The van der Waals surface area contributed by atoms with Gasteiger partial charge in [-0.3, -0.25) is 4.79 Å². The number of benzene rings is 1. The van der Waals surface area contributed by atoms with Gasteiger partial charge in [-0.2, -0.15) is 5.26 Å². The fourth-order valence-corrected chi connectivity index (χ4v) is 1.92. The maximum Gasteiger partial charge on any atom is 0.263 e. The Balaban J connectivity index is 2.88. The first-order chi connectivity index (χ1) is 11.2. The van der Waals surface area contributed by atoms with Gasteiger partial charge in [-0.05, 0) is 45.4 Å². The van der Waals surface area contributed by atoms with Gasteiger partial charge in [0.15, 0.2) is 11.5 Å². The minimum Gasteiger partial charge on any atom is -0.493 e. The van der Waals surface area contributed by atoms with Gasteiger partial charge in [-0.25, -0.2) is 0 Å². The second kappa shape index (κ2) is 8.25. The van der Waals surface area contributed by atoms with Crippen LogP contribution in [0.3, 0.4) is 0 Å². The van der Waals surface area contributed by atoms with Crippen LogP contribution < -0.4 is 20.1 Å². The van der Waals surface area contributed by atoms with Gasteiger partial charge < -0.3 is 20.1 Å². The molecular weight excluding hydrogens is 306 g/mol. The maximum absolute atomic E-state index is 12.3. The van der Waals surface area contributed by atoms with Crippen LogP contribution in [0.25, 0.3) is 0 Å². The van der Waals surface area contributed by atoms with E-state index in [1.165, 1.54) is 6.20 Å². The van der Waals surface area contributed by atoms with E-state index in [1.54, 1.807) is 26.4 Å². The molecule has 0 aliphatic carbocycles. The van der Waals surface area contributed by atoms with Gasteiger partial charge in [0.1, 0.15) is 11.6 Å². The molecule has 2 N–H and O–H groups in total. The summed E-state index contributed by atoms with van der Waals surface area (Å²) in [6, 6.07) is 7.04. The summed E-state index contributed by atoms with van der Waals surface area (Å²) >= 11 is 0. The summed E-state index contributed by atoms with van der Waals surface area (Å²) in [5, 5.41) is 15.0. The van der Waals surface area contributed by atoms with Crippen LogP contribution in [0.5, 0.6) is 11.5 Å². The molecule has 1 unspecified atom stereocenters. The molecule has 0 saturated heterocycles. The Morgan fingerprint density at radius 3 is 2.38 bits per heavy atom. The van der Waals surface area contributed by atoms with Crippen molar-refractivity contribution in [3.63, 3.8) is 0 Å². The number of carbonyl (C=O) groups excluding carboxylic acids is 1. The molecule has 1 rings (SSSR count). The van der Waals surface area contributed by atoms with Gasteiger partial charge in [0.2, 0.25) is 0 Å². The largest absolute Gasteiger partial charge is 0.493 e. The molecule has 1 aromatic carbocycles. The minimum atomic E-state index is -0.434. The van der Waals surface area contributed by atoms with E-state index in [9.17, 15) is 10.1 Å². The molecule has 0 fully saturated rings. The lowest BCUT2D eigenvalue weighted by atomic mass is 10.1. The van der Waals surface area contributed by atoms with Crippen molar-refractivity contribution < 1.29 is 14.3 Å². The number of nitrogens with one attached hydrogen (secondary N) is 2. The van der Waals surface area contributed by atoms with Crippen LogP contribution in [0.2, 0.25) is 0 Å². The fourth-order valence-electron chi connectivity index (χ4n) is 1.92. The lowest BCUT2D eigenvalue weighted by Gasteiger charge is -2.19. The Kier molecular flexibility index (Phi) is 6.66. The molecule has 1 atom stereocenters. The monoisotopic (exact) mass is 331 g/mol. The second-order valence-corrected chi connectivity index (χ2v) is 6.37. The number of nitriles is 1. The smallest absolute Gasteiger partial charge is 0.263 e. The van der Waals surface area contributed by atoms with Gasteiger partial charge in [-0.15, -0.1) is 0 Å². The highest BCUT2D eigenvalue weighted by Gasteiger charge is 2.16. The van der Waals surface area contributed by atoms with E-state index in [0.29, 0.717) is 11.5 Å². The summed E-state index contributed by atoms with van der Waals surface area (Å²) in [4.78, 5) is 12.3. The Hall–Kier alpha value is -2.68. The normalized spacial score (nSPS) is 12.8. The first-order valence-corrected chi connectivity index (χ1v) is 7.62. The van der Waals surface area contributed by atoms with Crippen molar-refractivity contribution in [2.75, 3.05) is 14.2 Å². The minimum absolute atomic E-state index is 0.0252. The number of carbonyl (C=O) groups is 1. The van der Waals surface area contributed by atoms with E-state index in [-0.39, 0.29) is 17.2 Å². The number of hydrogen-bond acceptors (Lipinski definition) is 5. The third-order valence-corrected chi connectivity index (χ3v) is 3.27. The van der Waals surface area contributed by atoms with Gasteiger partial charge in [0.25, 0.3) is 5.91 Å². The van der Waals surface area contributed by atoms with Gasteiger partial charge in [0.05, 0.1) is 20.3 Å². The molecular formula is C18H25N3O3. The van der Waals surface area contributed by atoms with Crippen molar-refractivity contribution >= 4 is 5.91 Å². The van der Waals surface area contributed by atoms with Crippen LogP contribution in [0.15, 0.2) is 30.0 Å². The number of rotatable bonds is 6. The molecule has 0 radical (unpaired) electrons. The summed E-state index contributed by atoms with van der Waals surface area (Å²) < 4.78 is 10.5. The summed E-state index contributed by atoms with van der Waals surface area (Å²) in [7, 11) is 3.12. The zero-order valence-corrected chi connectivity index (χ0v) is 15.1. The first-order valence-electron chi connectivity index (χ1n) is 7.62. The third-order valence-electron chi connectivity index (χ3n) is 3.27. The van der Waals surface area contributed by atoms with Crippen LogP contribution in [0, 0.1) is 11.3 Å². The molecule has 1 amide bonds. The number of nitrogens with zero attached hydrogens (tertiary/aromatic N) is 1. The van der Waals surface area contributed by atoms with Gasteiger partial charge >= 0.3 is 0 Å². The molecule has 130 valence electrons. The molecule has 0 aliphatic heterocycles. The lowest BCUT2D eigenvalue weighted by molar-refractivity contribution is -0.117. The summed E-state index contributed by atoms with van der Waals surface area (Å²) in [5.41, 5.74) is 0.650. The topological polar surface area (TPSA) is 83.4 Å². The highest BCUT2D eigenvalue weighted by atomic mass is 16.5. The van der Waals surface area contributed by atoms with E-state index in [1.807, 2.05) is 39.8 Å². The van der Waals surface area contributed by atoms with E-state index in [4.69, 9.17) is 9.47 Å². The summed E-state index contributed by atoms with van der Waals surface area (Å²) in [5.74, 6) is 0.768. The number of hydrogen-bond donors (Lipinski definition) is 2. The van der Waals surface area contributed by atoms with Crippen molar-refractivity contribution in [3.8, 4) is 17.6 Å². The summed E-state index contributed by atoms with van der Waals surface area (Å²) in [6.45, 7) is 7.68. The highest BCUT2D eigenvalue weighted by molar-refractivity contribution is 5.97.